The molecule has 0 amide bonds. The standard InChI is InChI=1S/C26H33FN8O3S/c27-15-8-26(4-1-6-35(26)10-15)14-38-24-31-22(33-7-3-17(36)18(37)11-33)30-23(32-24)34-12-25(13-34)5-2-19-20(25)16(9-28)21(29)39-19/h15,17-18,36-37H,1-8,10-14,29H2/t15-,17-,18+,26+/m1/s1. The van der Waals surface area contributed by atoms with E-state index in [1.807, 2.05) is 4.90 Å². The SMILES string of the molecule is N#Cc1c(N)sc2c1C1(CC2)CN(c2nc(OC[C@@]34CCCN3C[C@H](F)C4)nc(N3CC[C@@H](O)[C@@H](O)C3)n2)C1. The molecular weight excluding hydrogens is 523 g/mol. The minimum absolute atomic E-state index is 0.142. The van der Waals surface area contributed by atoms with Crippen molar-refractivity contribution in [2.45, 2.75) is 67.9 Å². The molecule has 11 nitrogen and oxygen atoms in total. The monoisotopic (exact) mass is 556 g/mol. The number of nitriles is 1. The maximum atomic E-state index is 14.3. The summed E-state index contributed by atoms with van der Waals surface area (Å²) in [4.78, 5) is 21.3. The molecule has 39 heavy (non-hydrogen) atoms. The number of hydrogen-bond acceptors (Lipinski definition) is 12. The molecule has 208 valence electrons. The molecule has 4 saturated heterocycles. The van der Waals surface area contributed by atoms with Crippen molar-refractivity contribution >= 4 is 28.2 Å². The van der Waals surface area contributed by atoms with Gasteiger partial charge in [0, 0.05) is 49.4 Å². The number of hydrogen-bond donors (Lipinski definition) is 3. The second-order valence-electron chi connectivity index (χ2n) is 11.8. The summed E-state index contributed by atoms with van der Waals surface area (Å²) in [5.41, 5.74) is 7.37. The molecule has 0 unspecified atom stereocenters. The number of anilines is 3. The third-order valence-corrected chi connectivity index (χ3v) is 10.5. The van der Waals surface area contributed by atoms with Crippen molar-refractivity contribution in [3.63, 3.8) is 0 Å². The zero-order valence-electron chi connectivity index (χ0n) is 21.7. The van der Waals surface area contributed by atoms with Crippen molar-refractivity contribution in [3.05, 3.63) is 16.0 Å². The number of aliphatic hydroxyl groups is 2. The third kappa shape index (κ3) is 4.03. The van der Waals surface area contributed by atoms with Crippen LogP contribution in [0, 0.1) is 11.3 Å². The molecule has 6 heterocycles. The number of rotatable bonds is 5. The molecule has 7 rings (SSSR count). The minimum Gasteiger partial charge on any atom is -0.461 e. The van der Waals surface area contributed by atoms with Crippen LogP contribution in [0.4, 0.5) is 21.3 Å². The van der Waals surface area contributed by atoms with Gasteiger partial charge in [0.25, 0.3) is 0 Å². The molecule has 4 atom stereocenters. The van der Waals surface area contributed by atoms with Gasteiger partial charge in [-0.3, -0.25) is 4.90 Å². The predicted molar refractivity (Wildman–Crippen MR) is 143 cm³/mol. The van der Waals surface area contributed by atoms with Crippen LogP contribution in [0.5, 0.6) is 6.01 Å². The maximum Gasteiger partial charge on any atom is 0.323 e. The quantitative estimate of drug-likeness (QED) is 0.484. The summed E-state index contributed by atoms with van der Waals surface area (Å²) in [7, 11) is 0. The average molecular weight is 557 g/mol. The molecule has 1 aliphatic carbocycles. The Morgan fingerprint density at radius 1 is 1.10 bits per heavy atom. The number of β-amino-alcohol motifs (C(OH)–C–C–N with tert-alkyl or cyclic N) is 1. The molecule has 13 heteroatoms. The Labute approximate surface area is 230 Å². The van der Waals surface area contributed by atoms with Crippen LogP contribution in [-0.4, -0.2) is 99.9 Å². The molecule has 2 aromatic heterocycles. The Balaban J connectivity index is 1.16. The van der Waals surface area contributed by atoms with Crippen LogP contribution in [0.3, 0.4) is 0 Å². The summed E-state index contributed by atoms with van der Waals surface area (Å²) in [5.74, 6) is 0.869. The molecule has 0 radical (unpaired) electrons. The summed E-state index contributed by atoms with van der Waals surface area (Å²) in [6.07, 6.45) is 2.11. The van der Waals surface area contributed by atoms with Gasteiger partial charge in [-0.15, -0.1) is 11.3 Å². The van der Waals surface area contributed by atoms with Crippen LogP contribution in [-0.2, 0) is 11.8 Å². The first-order chi connectivity index (χ1) is 18.8. The highest BCUT2D eigenvalue weighted by atomic mass is 32.1. The summed E-state index contributed by atoms with van der Waals surface area (Å²) in [6, 6.07) is 2.50. The second-order valence-corrected chi connectivity index (χ2v) is 13.0. The summed E-state index contributed by atoms with van der Waals surface area (Å²) >= 11 is 1.52. The molecule has 0 saturated carbocycles. The van der Waals surface area contributed by atoms with E-state index in [1.54, 1.807) is 0 Å². The van der Waals surface area contributed by atoms with Gasteiger partial charge in [0.2, 0.25) is 11.9 Å². The van der Waals surface area contributed by atoms with Gasteiger partial charge >= 0.3 is 6.01 Å². The summed E-state index contributed by atoms with van der Waals surface area (Å²) < 4.78 is 20.5. The van der Waals surface area contributed by atoms with E-state index in [1.165, 1.54) is 16.2 Å². The van der Waals surface area contributed by atoms with E-state index in [4.69, 9.17) is 15.5 Å². The lowest BCUT2D eigenvalue weighted by atomic mass is 9.74. The highest BCUT2D eigenvalue weighted by Crippen LogP contribution is 2.52. The first-order valence-corrected chi connectivity index (χ1v) is 14.6. The number of thiophene rings is 1. The van der Waals surface area contributed by atoms with Gasteiger partial charge in [-0.05, 0) is 44.2 Å². The van der Waals surface area contributed by atoms with Crippen LogP contribution in [0.1, 0.15) is 48.1 Å². The molecule has 0 bridgehead atoms. The number of nitrogens with two attached hydrogens (primary N) is 1. The predicted octanol–water partition coefficient (Wildman–Crippen LogP) is 0.978. The van der Waals surface area contributed by atoms with Gasteiger partial charge in [-0.1, -0.05) is 0 Å². The van der Waals surface area contributed by atoms with Crippen LogP contribution in [0.15, 0.2) is 0 Å². The molecule has 0 aromatic carbocycles. The van der Waals surface area contributed by atoms with Gasteiger partial charge in [0.1, 0.15) is 23.8 Å². The Morgan fingerprint density at radius 2 is 1.90 bits per heavy atom. The Bertz CT molecular complexity index is 1330. The summed E-state index contributed by atoms with van der Waals surface area (Å²) in [5, 5.41) is 30.6. The lowest BCUT2D eigenvalue weighted by molar-refractivity contribution is 0.00763. The van der Waals surface area contributed by atoms with Gasteiger partial charge in [-0.2, -0.15) is 20.2 Å². The van der Waals surface area contributed by atoms with Crippen LogP contribution in [0.25, 0.3) is 0 Å². The van der Waals surface area contributed by atoms with E-state index >= 15 is 0 Å². The van der Waals surface area contributed by atoms with Crippen molar-refractivity contribution in [2.24, 2.45) is 0 Å². The van der Waals surface area contributed by atoms with Crippen LogP contribution >= 0.6 is 11.3 Å². The van der Waals surface area contributed by atoms with Crippen molar-refractivity contribution in [1.82, 2.24) is 19.9 Å². The Morgan fingerprint density at radius 3 is 2.67 bits per heavy atom. The second kappa shape index (κ2) is 9.12. The van der Waals surface area contributed by atoms with Gasteiger partial charge in [-0.25, -0.2) is 4.39 Å². The fraction of sp³-hybridized carbons (Fsp3) is 0.692. The number of fused-ring (bicyclic) bond motifs is 3. The lowest BCUT2D eigenvalue weighted by Gasteiger charge is -2.48. The normalized spacial score (nSPS) is 31.3. The smallest absolute Gasteiger partial charge is 0.323 e. The molecule has 4 N–H and O–H groups in total. The number of aryl methyl sites for hydroxylation is 1. The fourth-order valence-corrected chi connectivity index (χ4v) is 8.54. The highest BCUT2D eigenvalue weighted by Gasteiger charge is 2.52. The third-order valence-electron chi connectivity index (χ3n) is 9.40. The molecule has 4 aliphatic heterocycles. The lowest BCUT2D eigenvalue weighted by Crippen LogP contribution is -2.59. The van der Waals surface area contributed by atoms with E-state index in [2.05, 4.69) is 25.8 Å². The van der Waals surface area contributed by atoms with Crippen molar-refractivity contribution < 1.29 is 19.3 Å². The van der Waals surface area contributed by atoms with E-state index in [-0.39, 0.29) is 23.5 Å². The topological polar surface area (TPSA) is 148 Å². The molecular formula is C26H33FN8O3S. The zero-order valence-corrected chi connectivity index (χ0v) is 22.5. The van der Waals surface area contributed by atoms with Crippen molar-refractivity contribution in [1.29, 1.82) is 5.26 Å². The number of piperidine rings is 1. The van der Waals surface area contributed by atoms with E-state index in [9.17, 15) is 19.9 Å². The van der Waals surface area contributed by atoms with Gasteiger partial charge < -0.3 is 30.5 Å². The number of halogens is 1. The molecule has 1 spiro atoms. The largest absolute Gasteiger partial charge is 0.461 e. The van der Waals surface area contributed by atoms with Gasteiger partial charge in [0.15, 0.2) is 0 Å². The van der Waals surface area contributed by atoms with Gasteiger partial charge in [0.05, 0.1) is 23.3 Å². The highest BCUT2D eigenvalue weighted by molar-refractivity contribution is 7.16. The number of aliphatic hydroxyl groups excluding tert-OH is 2. The number of nitrogens with zero attached hydrogens (tertiary/aromatic N) is 7. The van der Waals surface area contributed by atoms with Crippen molar-refractivity contribution in [2.75, 3.05) is 61.4 Å². The average Bonchev–Trinajstić information content (AvgIpc) is 3.61. The first-order valence-electron chi connectivity index (χ1n) is 13.7. The number of ether oxygens (including phenoxy) is 1. The van der Waals surface area contributed by atoms with Crippen molar-refractivity contribution in [3.8, 4) is 12.1 Å². The van der Waals surface area contributed by atoms with E-state index < -0.39 is 18.4 Å². The molecule has 4 fully saturated rings. The Kier molecular flexibility index (Phi) is 5.89. The number of nitrogen functional groups attached to an aromatic ring is 1. The number of aromatic nitrogens is 3. The molecule has 5 aliphatic rings. The summed E-state index contributed by atoms with van der Waals surface area (Å²) in [6.45, 7) is 3.66. The van der Waals surface area contributed by atoms with Crippen LogP contribution in [0.2, 0.25) is 0 Å². The van der Waals surface area contributed by atoms with E-state index in [0.717, 1.165) is 37.8 Å². The Hall–Kier alpha value is -2.79. The zero-order chi connectivity index (χ0) is 26.9. The van der Waals surface area contributed by atoms with E-state index in [0.29, 0.717) is 68.1 Å². The minimum atomic E-state index is -0.896. The fourth-order valence-electron chi connectivity index (χ4n) is 7.40. The first kappa shape index (κ1) is 25.2. The van der Waals surface area contributed by atoms with Crippen LogP contribution < -0.4 is 20.3 Å². The maximum absolute atomic E-state index is 14.3. The molecule has 2 aromatic rings. The number of alkyl halides is 1.